The molecule has 0 heterocycles. The van der Waals surface area contributed by atoms with Crippen molar-refractivity contribution in [3.8, 4) is 0 Å². The van der Waals surface area contributed by atoms with E-state index in [-0.39, 0.29) is 36.9 Å². The predicted molar refractivity (Wildman–Crippen MR) is 96.5 cm³/mol. The number of rotatable bonds is 5. The summed E-state index contributed by atoms with van der Waals surface area (Å²) in [6, 6.07) is 9.46. The van der Waals surface area contributed by atoms with Gasteiger partial charge in [-0.2, -0.15) is 0 Å². The van der Waals surface area contributed by atoms with Gasteiger partial charge in [-0.15, -0.1) is 12.4 Å². The van der Waals surface area contributed by atoms with E-state index < -0.39 is 0 Å². The molecule has 4 atom stereocenters. The van der Waals surface area contributed by atoms with Gasteiger partial charge in [-0.3, -0.25) is 4.79 Å². The molecule has 0 saturated heterocycles. The summed E-state index contributed by atoms with van der Waals surface area (Å²) in [5, 5.41) is 0. The van der Waals surface area contributed by atoms with Crippen molar-refractivity contribution < 1.29 is 9.53 Å². The molecular formula is C19H30ClNO2. The molecule has 1 aromatic carbocycles. The van der Waals surface area contributed by atoms with Crippen LogP contribution in [-0.4, -0.2) is 12.1 Å². The molecule has 0 aromatic heterocycles. The summed E-state index contributed by atoms with van der Waals surface area (Å²) in [7, 11) is 0. The zero-order chi connectivity index (χ0) is 16.1. The number of hydrogen-bond acceptors (Lipinski definition) is 3. The second-order valence-corrected chi connectivity index (χ2v) is 7.08. The summed E-state index contributed by atoms with van der Waals surface area (Å²) in [4.78, 5) is 12.3. The Labute approximate surface area is 146 Å². The van der Waals surface area contributed by atoms with Gasteiger partial charge in [0.25, 0.3) is 0 Å². The minimum absolute atomic E-state index is 0. The van der Waals surface area contributed by atoms with Crippen LogP contribution in [0.15, 0.2) is 30.3 Å². The van der Waals surface area contributed by atoms with Crippen LogP contribution in [0, 0.1) is 17.8 Å². The van der Waals surface area contributed by atoms with Crippen LogP contribution in [-0.2, 0) is 9.53 Å². The summed E-state index contributed by atoms with van der Waals surface area (Å²) in [6.07, 6.45) is 3.68. The van der Waals surface area contributed by atoms with Gasteiger partial charge in [0, 0.05) is 6.04 Å². The summed E-state index contributed by atoms with van der Waals surface area (Å²) in [5.74, 6) is 1.50. The van der Waals surface area contributed by atoms with E-state index in [2.05, 4.69) is 20.8 Å². The van der Waals surface area contributed by atoms with Gasteiger partial charge in [0.15, 0.2) is 0 Å². The number of esters is 1. The third kappa shape index (κ3) is 5.82. The van der Waals surface area contributed by atoms with E-state index >= 15 is 0 Å². The fraction of sp³-hybridized carbons (Fsp3) is 0.632. The van der Waals surface area contributed by atoms with Crippen molar-refractivity contribution in [3.63, 3.8) is 0 Å². The zero-order valence-electron chi connectivity index (χ0n) is 14.4. The Kier molecular flexibility index (Phi) is 8.07. The van der Waals surface area contributed by atoms with Crippen LogP contribution in [0.5, 0.6) is 0 Å². The molecule has 4 heteroatoms. The highest BCUT2D eigenvalue weighted by molar-refractivity contribution is 5.85. The van der Waals surface area contributed by atoms with Crippen LogP contribution in [0.2, 0.25) is 0 Å². The molecule has 1 aliphatic carbocycles. The van der Waals surface area contributed by atoms with Gasteiger partial charge in [-0.1, -0.05) is 57.5 Å². The predicted octanol–water partition coefficient (Wildman–Crippen LogP) is 4.50. The first kappa shape index (κ1) is 20.0. The van der Waals surface area contributed by atoms with Gasteiger partial charge >= 0.3 is 5.97 Å². The van der Waals surface area contributed by atoms with E-state index in [1.54, 1.807) is 0 Å². The normalized spacial score (nSPS) is 25.5. The van der Waals surface area contributed by atoms with E-state index in [4.69, 9.17) is 10.5 Å². The van der Waals surface area contributed by atoms with Crippen LogP contribution in [0.3, 0.4) is 0 Å². The zero-order valence-corrected chi connectivity index (χ0v) is 15.2. The maximum absolute atomic E-state index is 12.3. The third-order valence-corrected chi connectivity index (χ3v) is 4.86. The largest absolute Gasteiger partial charge is 0.462 e. The Balaban J connectivity index is 0.00000264. The first-order chi connectivity index (χ1) is 10.5. The van der Waals surface area contributed by atoms with Crippen LogP contribution < -0.4 is 5.73 Å². The van der Waals surface area contributed by atoms with Crippen molar-refractivity contribution in [2.75, 3.05) is 0 Å². The number of benzene rings is 1. The molecule has 2 rings (SSSR count). The third-order valence-electron chi connectivity index (χ3n) is 4.86. The first-order valence-electron chi connectivity index (χ1n) is 8.47. The lowest BCUT2D eigenvalue weighted by atomic mass is 9.75. The van der Waals surface area contributed by atoms with E-state index in [1.165, 1.54) is 6.42 Å². The fourth-order valence-corrected chi connectivity index (χ4v) is 3.46. The number of carbonyl (C=O) groups excluding carboxylic acids is 1. The van der Waals surface area contributed by atoms with Gasteiger partial charge in [0.05, 0.1) is 6.42 Å². The number of carbonyl (C=O) groups is 1. The molecule has 23 heavy (non-hydrogen) atoms. The van der Waals surface area contributed by atoms with E-state index in [0.29, 0.717) is 17.8 Å². The molecular weight excluding hydrogens is 310 g/mol. The minimum Gasteiger partial charge on any atom is -0.462 e. The van der Waals surface area contributed by atoms with Gasteiger partial charge in [-0.05, 0) is 36.2 Å². The SMILES string of the molecule is CC(C)[C@@H]1CC[C@@H](C)C[C@H]1OC(=O)C[C@@H](N)c1ccccc1.Cl. The second kappa shape index (κ2) is 9.29. The van der Waals surface area contributed by atoms with Crippen molar-refractivity contribution in [2.24, 2.45) is 23.5 Å². The summed E-state index contributed by atoms with van der Waals surface area (Å²) in [6.45, 7) is 6.68. The first-order valence-corrected chi connectivity index (χ1v) is 8.47. The molecule has 0 aliphatic heterocycles. The van der Waals surface area contributed by atoms with Gasteiger partial charge < -0.3 is 10.5 Å². The maximum atomic E-state index is 12.3. The fourth-order valence-electron chi connectivity index (χ4n) is 3.46. The number of nitrogens with two attached hydrogens (primary N) is 1. The Morgan fingerprint density at radius 2 is 1.91 bits per heavy atom. The number of ether oxygens (including phenoxy) is 1. The average Bonchev–Trinajstić information content (AvgIpc) is 2.47. The van der Waals surface area contributed by atoms with Crippen molar-refractivity contribution in [1.29, 1.82) is 0 Å². The van der Waals surface area contributed by atoms with Crippen LogP contribution >= 0.6 is 12.4 Å². The second-order valence-electron chi connectivity index (χ2n) is 7.08. The topological polar surface area (TPSA) is 52.3 Å². The van der Waals surface area contributed by atoms with Gasteiger partial charge in [0.2, 0.25) is 0 Å². The van der Waals surface area contributed by atoms with Crippen molar-refractivity contribution in [1.82, 2.24) is 0 Å². The van der Waals surface area contributed by atoms with Crippen molar-refractivity contribution in [2.45, 2.75) is 58.6 Å². The molecule has 0 amide bonds. The van der Waals surface area contributed by atoms with Crippen LogP contribution in [0.25, 0.3) is 0 Å². The molecule has 130 valence electrons. The number of halogens is 1. The molecule has 0 unspecified atom stereocenters. The Morgan fingerprint density at radius 1 is 1.26 bits per heavy atom. The minimum atomic E-state index is -0.285. The molecule has 1 aromatic rings. The quantitative estimate of drug-likeness (QED) is 0.803. The lowest BCUT2D eigenvalue weighted by Gasteiger charge is -2.36. The molecule has 0 bridgehead atoms. The van der Waals surface area contributed by atoms with Crippen LogP contribution in [0.1, 0.15) is 58.1 Å². The maximum Gasteiger partial charge on any atom is 0.307 e. The lowest BCUT2D eigenvalue weighted by Crippen LogP contribution is -2.36. The standard InChI is InChI=1S/C19H29NO2.ClH/c1-13(2)16-10-9-14(3)11-18(16)22-19(21)12-17(20)15-7-5-4-6-8-15;/h4-8,13-14,16-18H,9-12,20H2,1-3H3;1H/t14-,16+,17-,18-;/m1./s1. The molecule has 3 nitrogen and oxygen atoms in total. The summed E-state index contributed by atoms with van der Waals surface area (Å²) >= 11 is 0. The van der Waals surface area contributed by atoms with E-state index in [9.17, 15) is 4.79 Å². The van der Waals surface area contributed by atoms with E-state index in [0.717, 1.165) is 18.4 Å². The summed E-state index contributed by atoms with van der Waals surface area (Å²) in [5.41, 5.74) is 7.11. The summed E-state index contributed by atoms with van der Waals surface area (Å²) < 4.78 is 5.81. The molecule has 1 saturated carbocycles. The number of hydrogen-bond donors (Lipinski definition) is 1. The lowest BCUT2D eigenvalue weighted by molar-refractivity contribution is -0.156. The molecule has 1 fully saturated rings. The smallest absolute Gasteiger partial charge is 0.307 e. The highest BCUT2D eigenvalue weighted by Gasteiger charge is 2.33. The van der Waals surface area contributed by atoms with Crippen LogP contribution in [0.4, 0.5) is 0 Å². The molecule has 1 aliphatic rings. The monoisotopic (exact) mass is 339 g/mol. The Bertz CT molecular complexity index is 478. The van der Waals surface area contributed by atoms with Crippen molar-refractivity contribution in [3.05, 3.63) is 35.9 Å². The Hall–Kier alpha value is -1.06. The van der Waals surface area contributed by atoms with Gasteiger partial charge in [-0.25, -0.2) is 0 Å². The van der Waals surface area contributed by atoms with Gasteiger partial charge in [0.1, 0.15) is 6.10 Å². The van der Waals surface area contributed by atoms with Crippen molar-refractivity contribution >= 4 is 18.4 Å². The Morgan fingerprint density at radius 3 is 2.52 bits per heavy atom. The highest BCUT2D eigenvalue weighted by Crippen LogP contribution is 2.35. The molecule has 0 radical (unpaired) electrons. The molecule has 2 N–H and O–H groups in total. The van der Waals surface area contributed by atoms with E-state index in [1.807, 2.05) is 30.3 Å². The average molecular weight is 340 g/mol. The highest BCUT2D eigenvalue weighted by atomic mass is 35.5. The molecule has 0 spiro atoms.